The summed E-state index contributed by atoms with van der Waals surface area (Å²) in [5, 5.41) is 4.40. The van der Waals surface area contributed by atoms with Crippen molar-refractivity contribution in [3.63, 3.8) is 0 Å². The fourth-order valence-electron chi connectivity index (χ4n) is 4.84. The maximum Gasteiger partial charge on any atom is 0.255 e. The number of fused-ring (bicyclic) bond motifs is 1. The van der Waals surface area contributed by atoms with Crippen LogP contribution in [0, 0.1) is 0 Å². The van der Waals surface area contributed by atoms with E-state index in [2.05, 4.69) is 73.7 Å². The second-order valence-corrected chi connectivity index (χ2v) is 9.11. The van der Waals surface area contributed by atoms with Gasteiger partial charge in [0.2, 0.25) is 0 Å². The number of benzene rings is 2. The minimum absolute atomic E-state index is 0.0169. The minimum Gasteiger partial charge on any atom is -0.378 e. The number of nitrogens with zero attached hydrogens (tertiary/aromatic N) is 3. The molecule has 1 atom stereocenters. The highest BCUT2D eigenvalue weighted by molar-refractivity contribution is 5.99. The molecule has 2 aromatic carbocycles. The van der Waals surface area contributed by atoms with Crippen molar-refractivity contribution in [2.24, 2.45) is 0 Å². The molecule has 2 aromatic heterocycles. The Hall–Kier alpha value is -3.80. The Kier molecular flexibility index (Phi) is 6.21. The quantitative estimate of drug-likeness (QED) is 0.422. The SMILES string of the molecule is CN(C)c1ccc(C(CNC(=O)c2cccnc2N2CCCC2)c2c[nH]c3ccccc23)cc1. The number of hydrogen-bond acceptors (Lipinski definition) is 4. The van der Waals surface area contributed by atoms with Crippen molar-refractivity contribution in [2.75, 3.05) is 43.5 Å². The summed E-state index contributed by atoms with van der Waals surface area (Å²) in [7, 11) is 4.08. The van der Waals surface area contributed by atoms with Gasteiger partial charge in [-0.2, -0.15) is 0 Å². The average Bonchev–Trinajstić information content (AvgIpc) is 3.55. The molecule has 1 fully saturated rings. The molecule has 0 bridgehead atoms. The first kappa shape index (κ1) is 22.0. The molecule has 1 amide bonds. The van der Waals surface area contributed by atoms with Crippen molar-refractivity contribution in [2.45, 2.75) is 18.8 Å². The molecule has 1 aliphatic heterocycles. The van der Waals surface area contributed by atoms with Crippen LogP contribution >= 0.6 is 0 Å². The van der Waals surface area contributed by atoms with E-state index >= 15 is 0 Å². The van der Waals surface area contributed by atoms with E-state index in [0.29, 0.717) is 12.1 Å². The molecule has 1 saturated heterocycles. The monoisotopic (exact) mass is 453 g/mol. The summed E-state index contributed by atoms with van der Waals surface area (Å²) in [4.78, 5) is 25.6. The Balaban J connectivity index is 1.44. The standard InChI is InChI=1S/C28H31N5O/c1-32(2)21-13-11-20(12-14-21)24(25-19-30-26-10-4-3-8-22(25)26)18-31-28(34)23-9-7-15-29-27(23)33-16-5-6-17-33/h3-4,7-15,19,24,30H,5-6,16-18H2,1-2H3,(H,31,34). The maximum atomic E-state index is 13.3. The van der Waals surface area contributed by atoms with Crippen LogP contribution in [0.25, 0.3) is 10.9 Å². The normalized spacial score (nSPS) is 14.4. The van der Waals surface area contributed by atoms with Crippen LogP contribution in [0.5, 0.6) is 0 Å². The topological polar surface area (TPSA) is 64.3 Å². The highest BCUT2D eigenvalue weighted by atomic mass is 16.1. The lowest BCUT2D eigenvalue weighted by atomic mass is 9.90. The smallest absolute Gasteiger partial charge is 0.255 e. The van der Waals surface area contributed by atoms with Crippen LogP contribution in [0.3, 0.4) is 0 Å². The molecule has 1 unspecified atom stereocenters. The third kappa shape index (κ3) is 4.36. The molecule has 0 spiro atoms. The summed E-state index contributed by atoms with van der Waals surface area (Å²) >= 11 is 0. The number of aromatic amines is 1. The number of H-pyrrole nitrogens is 1. The third-order valence-electron chi connectivity index (χ3n) is 6.71. The van der Waals surface area contributed by atoms with Crippen molar-refractivity contribution in [1.82, 2.24) is 15.3 Å². The summed E-state index contributed by atoms with van der Waals surface area (Å²) in [5.74, 6) is 0.726. The van der Waals surface area contributed by atoms with Gasteiger partial charge in [0.25, 0.3) is 5.91 Å². The molecule has 0 radical (unpaired) electrons. The van der Waals surface area contributed by atoms with E-state index in [9.17, 15) is 4.79 Å². The maximum absolute atomic E-state index is 13.3. The van der Waals surface area contributed by atoms with Gasteiger partial charge in [-0.1, -0.05) is 30.3 Å². The number of hydrogen-bond donors (Lipinski definition) is 2. The Morgan fingerprint density at radius 2 is 1.82 bits per heavy atom. The van der Waals surface area contributed by atoms with E-state index in [-0.39, 0.29) is 11.8 Å². The van der Waals surface area contributed by atoms with Crippen molar-refractivity contribution < 1.29 is 4.79 Å². The summed E-state index contributed by atoms with van der Waals surface area (Å²) in [6, 6.07) is 20.6. The molecule has 6 heteroatoms. The predicted molar refractivity (Wildman–Crippen MR) is 139 cm³/mol. The van der Waals surface area contributed by atoms with Crippen LogP contribution in [0.4, 0.5) is 11.5 Å². The van der Waals surface area contributed by atoms with Crippen molar-refractivity contribution in [1.29, 1.82) is 0 Å². The molecular weight excluding hydrogens is 422 g/mol. The van der Waals surface area contributed by atoms with Crippen LogP contribution in [0.1, 0.15) is 40.2 Å². The number of carbonyl (C=O) groups is 1. The zero-order valence-corrected chi connectivity index (χ0v) is 19.8. The van der Waals surface area contributed by atoms with Gasteiger partial charge in [-0.05, 0) is 54.3 Å². The fourth-order valence-corrected chi connectivity index (χ4v) is 4.84. The van der Waals surface area contributed by atoms with Gasteiger partial charge in [0.05, 0.1) is 5.56 Å². The Morgan fingerprint density at radius 3 is 2.59 bits per heavy atom. The zero-order valence-electron chi connectivity index (χ0n) is 19.8. The van der Waals surface area contributed by atoms with Gasteiger partial charge in [0, 0.05) is 68.6 Å². The number of aromatic nitrogens is 2. The summed E-state index contributed by atoms with van der Waals surface area (Å²) in [6.45, 7) is 2.40. The van der Waals surface area contributed by atoms with Crippen LogP contribution in [0.2, 0.25) is 0 Å². The number of nitrogens with one attached hydrogen (secondary N) is 2. The molecule has 2 N–H and O–H groups in total. The third-order valence-corrected chi connectivity index (χ3v) is 6.71. The van der Waals surface area contributed by atoms with E-state index < -0.39 is 0 Å². The van der Waals surface area contributed by atoms with Crippen molar-refractivity contribution >= 4 is 28.3 Å². The van der Waals surface area contributed by atoms with Gasteiger partial charge >= 0.3 is 0 Å². The zero-order chi connectivity index (χ0) is 23.5. The lowest BCUT2D eigenvalue weighted by Crippen LogP contribution is -2.31. The van der Waals surface area contributed by atoms with Crippen LogP contribution in [-0.2, 0) is 0 Å². The van der Waals surface area contributed by atoms with Gasteiger partial charge in [-0.15, -0.1) is 0 Å². The van der Waals surface area contributed by atoms with Crippen LogP contribution in [0.15, 0.2) is 73.1 Å². The molecule has 0 saturated carbocycles. The molecule has 1 aliphatic rings. The van der Waals surface area contributed by atoms with Gasteiger partial charge in [-0.25, -0.2) is 4.98 Å². The number of amides is 1. The van der Waals surface area contributed by atoms with E-state index in [1.807, 2.05) is 32.3 Å². The molecule has 3 heterocycles. The molecule has 174 valence electrons. The van der Waals surface area contributed by atoms with E-state index in [1.165, 1.54) is 16.5 Å². The van der Waals surface area contributed by atoms with Gasteiger partial charge in [-0.3, -0.25) is 4.79 Å². The number of carbonyl (C=O) groups excluding carboxylic acids is 1. The van der Waals surface area contributed by atoms with Gasteiger partial charge < -0.3 is 20.1 Å². The first-order valence-corrected chi connectivity index (χ1v) is 11.9. The highest BCUT2D eigenvalue weighted by Crippen LogP contribution is 2.32. The van der Waals surface area contributed by atoms with Crippen LogP contribution < -0.4 is 15.1 Å². The summed E-state index contributed by atoms with van der Waals surface area (Å²) < 4.78 is 0. The lowest BCUT2D eigenvalue weighted by Gasteiger charge is -2.22. The second kappa shape index (κ2) is 9.59. The first-order valence-electron chi connectivity index (χ1n) is 11.9. The first-order chi connectivity index (χ1) is 16.6. The van der Waals surface area contributed by atoms with Crippen LogP contribution in [-0.4, -0.2) is 49.6 Å². The molecule has 6 nitrogen and oxygen atoms in total. The van der Waals surface area contributed by atoms with Crippen molar-refractivity contribution in [3.8, 4) is 0 Å². The second-order valence-electron chi connectivity index (χ2n) is 9.11. The summed E-state index contributed by atoms with van der Waals surface area (Å²) in [5.41, 5.74) is 5.24. The predicted octanol–water partition coefficient (Wildman–Crippen LogP) is 4.79. The number of pyridine rings is 1. The fraction of sp³-hybridized carbons (Fsp3) is 0.286. The van der Waals surface area contributed by atoms with Gasteiger partial charge in [0.15, 0.2) is 0 Å². The molecule has 34 heavy (non-hydrogen) atoms. The Labute approximate surface area is 200 Å². The highest BCUT2D eigenvalue weighted by Gasteiger charge is 2.23. The van der Waals surface area contributed by atoms with Crippen molar-refractivity contribution in [3.05, 3.63) is 89.7 Å². The minimum atomic E-state index is -0.0789. The molecular formula is C28H31N5O. The Morgan fingerprint density at radius 1 is 1.06 bits per heavy atom. The lowest BCUT2D eigenvalue weighted by molar-refractivity contribution is 0.0952. The largest absolute Gasteiger partial charge is 0.378 e. The molecule has 0 aliphatic carbocycles. The molecule has 5 rings (SSSR count). The van der Waals surface area contributed by atoms with E-state index in [4.69, 9.17) is 0 Å². The van der Waals surface area contributed by atoms with E-state index in [0.717, 1.165) is 43.0 Å². The van der Waals surface area contributed by atoms with Gasteiger partial charge in [0.1, 0.15) is 5.82 Å². The average molecular weight is 454 g/mol. The molecule has 4 aromatic rings. The summed E-state index contributed by atoms with van der Waals surface area (Å²) in [6.07, 6.45) is 6.12. The number of anilines is 2. The number of para-hydroxylation sites is 1. The Bertz CT molecular complexity index is 1270. The number of rotatable bonds is 7. The van der Waals surface area contributed by atoms with E-state index in [1.54, 1.807) is 6.20 Å².